The summed E-state index contributed by atoms with van der Waals surface area (Å²) in [6.45, 7) is 2.36. The third kappa shape index (κ3) is 4.36. The molecule has 3 N–H and O–H groups in total. The van der Waals surface area contributed by atoms with Crippen LogP contribution in [0.15, 0.2) is 54.9 Å². The van der Waals surface area contributed by atoms with Crippen molar-refractivity contribution in [3.05, 3.63) is 60.6 Å². The topological polar surface area (TPSA) is 81.7 Å². The minimum Gasteiger partial charge on any atom is -0.487 e. The first-order valence-electron chi connectivity index (χ1n) is 8.37. The van der Waals surface area contributed by atoms with Crippen LogP contribution in [0.25, 0.3) is 5.65 Å². The van der Waals surface area contributed by atoms with E-state index < -0.39 is 6.04 Å². The number of pyridine rings is 1. The number of carbonyl (C=O) groups is 1. The van der Waals surface area contributed by atoms with E-state index in [1.54, 1.807) is 6.07 Å². The molecule has 2 heterocycles. The predicted molar refractivity (Wildman–Crippen MR) is 97.5 cm³/mol. The first-order valence-corrected chi connectivity index (χ1v) is 8.37. The number of nitrogens with one attached hydrogen (secondary N) is 1. The number of aromatic nitrogens is 2. The van der Waals surface area contributed by atoms with E-state index in [-0.39, 0.29) is 5.91 Å². The van der Waals surface area contributed by atoms with Gasteiger partial charge in [-0.05, 0) is 30.7 Å². The Balaban J connectivity index is 1.62. The summed E-state index contributed by atoms with van der Waals surface area (Å²) in [5.74, 6) is 0.485. The van der Waals surface area contributed by atoms with Crippen LogP contribution in [-0.4, -0.2) is 21.3 Å². The summed E-state index contributed by atoms with van der Waals surface area (Å²) in [6.07, 6.45) is 5.42. The summed E-state index contributed by atoms with van der Waals surface area (Å²) in [5, 5.41) is 2.82. The molecule has 130 valence electrons. The fourth-order valence-corrected chi connectivity index (χ4v) is 2.55. The number of hydrogen-bond acceptors (Lipinski definition) is 4. The van der Waals surface area contributed by atoms with Crippen LogP contribution < -0.4 is 15.8 Å². The van der Waals surface area contributed by atoms with Crippen molar-refractivity contribution in [1.82, 2.24) is 9.38 Å². The summed E-state index contributed by atoms with van der Waals surface area (Å²) >= 11 is 0. The number of fused-ring (bicyclic) bond motifs is 1. The van der Waals surface area contributed by atoms with Gasteiger partial charge in [-0.25, -0.2) is 4.98 Å². The van der Waals surface area contributed by atoms with Gasteiger partial charge < -0.3 is 20.2 Å². The van der Waals surface area contributed by atoms with Crippen molar-refractivity contribution in [1.29, 1.82) is 0 Å². The van der Waals surface area contributed by atoms with E-state index in [1.807, 2.05) is 60.1 Å². The van der Waals surface area contributed by atoms with Crippen LogP contribution in [0.2, 0.25) is 0 Å². The van der Waals surface area contributed by atoms with Crippen molar-refractivity contribution in [2.75, 3.05) is 5.32 Å². The highest BCUT2D eigenvalue weighted by atomic mass is 16.5. The summed E-state index contributed by atoms with van der Waals surface area (Å²) in [7, 11) is 0. The van der Waals surface area contributed by atoms with Gasteiger partial charge in [0.1, 0.15) is 18.0 Å². The third-order valence-electron chi connectivity index (χ3n) is 3.84. The zero-order valence-corrected chi connectivity index (χ0v) is 14.2. The van der Waals surface area contributed by atoms with E-state index >= 15 is 0 Å². The van der Waals surface area contributed by atoms with Crippen molar-refractivity contribution >= 4 is 17.2 Å². The molecule has 6 heteroatoms. The standard InChI is InChI=1S/C19H22N4O2/c1-2-6-17(20)19(24)22-14-7-5-8-16(11-14)25-13-15-12-23-10-4-3-9-18(23)21-15/h3-5,7-12,17H,2,6,13,20H2,1H3,(H,22,24). The van der Waals surface area contributed by atoms with Gasteiger partial charge in [0.05, 0.1) is 11.7 Å². The largest absolute Gasteiger partial charge is 0.487 e. The Labute approximate surface area is 146 Å². The SMILES string of the molecule is CCCC(N)C(=O)Nc1cccc(OCc2cn3ccccc3n2)c1. The lowest BCUT2D eigenvalue weighted by Crippen LogP contribution is -2.35. The number of amides is 1. The van der Waals surface area contributed by atoms with Crippen LogP contribution in [0.1, 0.15) is 25.5 Å². The zero-order chi connectivity index (χ0) is 17.6. The lowest BCUT2D eigenvalue weighted by atomic mass is 10.1. The van der Waals surface area contributed by atoms with Crippen molar-refractivity contribution < 1.29 is 9.53 Å². The third-order valence-corrected chi connectivity index (χ3v) is 3.84. The van der Waals surface area contributed by atoms with Gasteiger partial charge in [-0.15, -0.1) is 0 Å². The lowest BCUT2D eigenvalue weighted by molar-refractivity contribution is -0.117. The molecule has 3 rings (SSSR count). The van der Waals surface area contributed by atoms with Gasteiger partial charge in [0.2, 0.25) is 5.91 Å². The molecule has 1 atom stereocenters. The quantitative estimate of drug-likeness (QED) is 0.694. The zero-order valence-electron chi connectivity index (χ0n) is 14.2. The van der Waals surface area contributed by atoms with Crippen molar-refractivity contribution in [3.8, 4) is 5.75 Å². The molecule has 0 aliphatic heterocycles. The van der Waals surface area contributed by atoms with Gasteiger partial charge in [-0.2, -0.15) is 0 Å². The molecule has 1 aromatic carbocycles. The normalized spacial score (nSPS) is 12.1. The molecular weight excluding hydrogens is 316 g/mol. The molecule has 0 aliphatic carbocycles. The van der Waals surface area contributed by atoms with Crippen LogP contribution in [0, 0.1) is 0 Å². The second-order valence-electron chi connectivity index (χ2n) is 5.90. The molecule has 0 bridgehead atoms. The molecular formula is C19H22N4O2. The highest BCUT2D eigenvalue weighted by molar-refractivity contribution is 5.94. The van der Waals surface area contributed by atoms with Crippen LogP contribution >= 0.6 is 0 Å². The average Bonchev–Trinajstić information content (AvgIpc) is 3.03. The van der Waals surface area contributed by atoms with E-state index in [0.29, 0.717) is 24.5 Å². The van der Waals surface area contributed by atoms with Crippen LogP contribution in [0.5, 0.6) is 5.75 Å². The predicted octanol–water partition coefficient (Wildman–Crippen LogP) is 2.98. The molecule has 1 unspecified atom stereocenters. The van der Waals surface area contributed by atoms with E-state index in [1.165, 1.54) is 0 Å². The molecule has 0 fully saturated rings. The monoisotopic (exact) mass is 338 g/mol. The smallest absolute Gasteiger partial charge is 0.241 e. The van der Waals surface area contributed by atoms with Gasteiger partial charge in [0.15, 0.2) is 0 Å². The number of hydrogen-bond donors (Lipinski definition) is 2. The second-order valence-corrected chi connectivity index (χ2v) is 5.90. The van der Waals surface area contributed by atoms with Gasteiger partial charge in [-0.1, -0.05) is 25.5 Å². The maximum absolute atomic E-state index is 12.0. The summed E-state index contributed by atoms with van der Waals surface area (Å²) in [4.78, 5) is 16.5. The number of ether oxygens (including phenoxy) is 1. The Hall–Kier alpha value is -2.86. The van der Waals surface area contributed by atoms with Crippen LogP contribution in [0.4, 0.5) is 5.69 Å². The molecule has 0 aliphatic rings. The van der Waals surface area contributed by atoms with E-state index in [2.05, 4.69) is 10.3 Å². The number of rotatable bonds is 7. The number of imidazole rings is 1. The molecule has 3 aromatic rings. The summed E-state index contributed by atoms with van der Waals surface area (Å²) < 4.78 is 7.74. The Kier molecular flexibility index (Phi) is 5.30. The first-order chi connectivity index (χ1) is 12.2. The molecule has 0 spiro atoms. The second kappa shape index (κ2) is 7.81. The van der Waals surface area contributed by atoms with Gasteiger partial charge >= 0.3 is 0 Å². The highest BCUT2D eigenvalue weighted by Crippen LogP contribution is 2.19. The number of benzene rings is 1. The van der Waals surface area contributed by atoms with E-state index in [4.69, 9.17) is 10.5 Å². The van der Waals surface area contributed by atoms with Gasteiger partial charge in [0.25, 0.3) is 0 Å². The molecule has 0 saturated heterocycles. The van der Waals surface area contributed by atoms with Crippen molar-refractivity contribution in [2.24, 2.45) is 5.73 Å². The molecule has 6 nitrogen and oxygen atoms in total. The number of nitrogens with two attached hydrogens (primary N) is 1. The van der Waals surface area contributed by atoms with Crippen molar-refractivity contribution in [2.45, 2.75) is 32.4 Å². The Morgan fingerprint density at radius 1 is 1.32 bits per heavy atom. The summed E-state index contributed by atoms with van der Waals surface area (Å²) in [5.41, 5.74) is 8.22. The average molecular weight is 338 g/mol. The van der Waals surface area contributed by atoms with E-state index in [0.717, 1.165) is 17.8 Å². The van der Waals surface area contributed by atoms with E-state index in [9.17, 15) is 4.79 Å². The lowest BCUT2D eigenvalue weighted by Gasteiger charge is -2.12. The Bertz CT molecular complexity index is 826. The minimum atomic E-state index is -0.493. The number of carbonyl (C=O) groups excluding carboxylic acids is 1. The molecule has 25 heavy (non-hydrogen) atoms. The Morgan fingerprint density at radius 2 is 2.20 bits per heavy atom. The highest BCUT2D eigenvalue weighted by Gasteiger charge is 2.12. The maximum Gasteiger partial charge on any atom is 0.241 e. The van der Waals surface area contributed by atoms with Crippen LogP contribution in [-0.2, 0) is 11.4 Å². The maximum atomic E-state index is 12.0. The van der Waals surface area contributed by atoms with Gasteiger partial charge in [-0.3, -0.25) is 4.79 Å². The van der Waals surface area contributed by atoms with Crippen molar-refractivity contribution in [3.63, 3.8) is 0 Å². The molecule has 1 amide bonds. The minimum absolute atomic E-state index is 0.181. The summed E-state index contributed by atoms with van der Waals surface area (Å²) in [6, 6.07) is 12.6. The molecule has 0 radical (unpaired) electrons. The van der Waals surface area contributed by atoms with Crippen LogP contribution in [0.3, 0.4) is 0 Å². The first kappa shape index (κ1) is 17.0. The van der Waals surface area contributed by atoms with Gasteiger partial charge in [0, 0.05) is 24.1 Å². The fourth-order valence-electron chi connectivity index (χ4n) is 2.55. The fraction of sp³-hybridized carbons (Fsp3) is 0.263. The molecule has 2 aromatic heterocycles. The molecule has 0 saturated carbocycles. The Morgan fingerprint density at radius 3 is 3.00 bits per heavy atom. The number of nitrogens with zero attached hydrogens (tertiary/aromatic N) is 2. The number of anilines is 1.